The molecule has 0 unspecified atom stereocenters. The van der Waals surface area contributed by atoms with Crippen LogP contribution >= 0.6 is 0 Å². The molecule has 1 heterocycles. The smallest absolute Gasteiger partial charge is 0.306 e. The molecule has 1 fully saturated rings. The lowest BCUT2D eigenvalue weighted by Gasteiger charge is -2.25. The maximum Gasteiger partial charge on any atom is 0.306 e. The summed E-state index contributed by atoms with van der Waals surface area (Å²) in [6.45, 7) is 3.67. The first-order valence-electron chi connectivity index (χ1n) is 3.65. The quantitative estimate of drug-likeness (QED) is 0.555. The number of hydrogen-bond acceptors (Lipinski definition) is 2. The summed E-state index contributed by atoms with van der Waals surface area (Å²) in [6.07, 6.45) is 0.774. The highest BCUT2D eigenvalue weighted by Gasteiger charge is 2.26. The van der Waals surface area contributed by atoms with Crippen molar-refractivity contribution < 1.29 is 9.90 Å². The standard InChI is InChI=1S/C7H13NO2/c1-5-4-8-3-2-6(5)7(9)10/h5-6,8H,2-4H2,1H3,(H,9,10)/t5-,6-/m1/s1. The molecule has 1 aliphatic heterocycles. The van der Waals surface area contributed by atoms with E-state index in [-0.39, 0.29) is 11.8 Å². The minimum absolute atomic E-state index is 0.124. The van der Waals surface area contributed by atoms with Crippen molar-refractivity contribution in [3.8, 4) is 0 Å². The van der Waals surface area contributed by atoms with Gasteiger partial charge in [0.1, 0.15) is 0 Å². The molecular weight excluding hydrogens is 130 g/mol. The molecule has 2 atom stereocenters. The highest BCUT2D eigenvalue weighted by molar-refractivity contribution is 5.70. The monoisotopic (exact) mass is 143 g/mol. The van der Waals surface area contributed by atoms with E-state index in [4.69, 9.17) is 5.11 Å². The van der Waals surface area contributed by atoms with Crippen molar-refractivity contribution >= 4 is 5.97 Å². The van der Waals surface area contributed by atoms with E-state index in [9.17, 15) is 4.79 Å². The summed E-state index contributed by atoms with van der Waals surface area (Å²) in [7, 11) is 0. The molecular formula is C7H13NO2. The Morgan fingerprint density at radius 2 is 2.40 bits per heavy atom. The molecule has 0 spiro atoms. The Bertz CT molecular complexity index is 136. The second-order valence-electron chi connectivity index (χ2n) is 2.91. The van der Waals surface area contributed by atoms with Crippen LogP contribution in [0.5, 0.6) is 0 Å². The van der Waals surface area contributed by atoms with Gasteiger partial charge in [-0.15, -0.1) is 0 Å². The first kappa shape index (κ1) is 7.54. The van der Waals surface area contributed by atoms with Crippen LogP contribution in [0.25, 0.3) is 0 Å². The van der Waals surface area contributed by atoms with Gasteiger partial charge in [-0.3, -0.25) is 4.79 Å². The van der Waals surface area contributed by atoms with Crippen molar-refractivity contribution in [3.63, 3.8) is 0 Å². The number of carboxylic acid groups (broad SMARTS) is 1. The average Bonchev–Trinajstić information content (AvgIpc) is 1.88. The third-order valence-electron chi connectivity index (χ3n) is 2.10. The summed E-state index contributed by atoms with van der Waals surface area (Å²) < 4.78 is 0. The molecule has 3 nitrogen and oxygen atoms in total. The van der Waals surface area contributed by atoms with Gasteiger partial charge >= 0.3 is 5.97 Å². The van der Waals surface area contributed by atoms with Crippen LogP contribution in [0.3, 0.4) is 0 Å². The number of hydrogen-bond donors (Lipinski definition) is 2. The molecule has 58 valence electrons. The maximum absolute atomic E-state index is 10.5. The number of rotatable bonds is 1. The van der Waals surface area contributed by atoms with Gasteiger partial charge < -0.3 is 10.4 Å². The lowest BCUT2D eigenvalue weighted by atomic mass is 9.88. The van der Waals surface area contributed by atoms with Gasteiger partial charge in [-0.25, -0.2) is 0 Å². The second-order valence-corrected chi connectivity index (χ2v) is 2.91. The molecule has 0 saturated carbocycles. The lowest BCUT2D eigenvalue weighted by molar-refractivity contribution is -0.144. The molecule has 1 rings (SSSR count). The van der Waals surface area contributed by atoms with E-state index in [0.717, 1.165) is 19.5 Å². The van der Waals surface area contributed by atoms with E-state index < -0.39 is 5.97 Å². The van der Waals surface area contributed by atoms with Crippen molar-refractivity contribution in [2.75, 3.05) is 13.1 Å². The van der Waals surface area contributed by atoms with Crippen LogP contribution in [0.15, 0.2) is 0 Å². The fourth-order valence-corrected chi connectivity index (χ4v) is 1.38. The van der Waals surface area contributed by atoms with E-state index in [1.54, 1.807) is 0 Å². The Morgan fingerprint density at radius 3 is 2.80 bits per heavy atom. The largest absolute Gasteiger partial charge is 0.481 e. The molecule has 3 heteroatoms. The molecule has 0 bridgehead atoms. The van der Waals surface area contributed by atoms with Crippen LogP contribution in [0.2, 0.25) is 0 Å². The van der Waals surface area contributed by atoms with Crippen LogP contribution in [-0.4, -0.2) is 24.2 Å². The van der Waals surface area contributed by atoms with E-state index in [2.05, 4.69) is 5.32 Å². The summed E-state index contributed by atoms with van der Waals surface area (Å²) in [6, 6.07) is 0. The summed E-state index contributed by atoms with van der Waals surface area (Å²) >= 11 is 0. The molecule has 0 aromatic rings. The number of aliphatic carboxylic acids is 1. The van der Waals surface area contributed by atoms with Gasteiger partial charge in [-0.1, -0.05) is 6.92 Å². The van der Waals surface area contributed by atoms with Crippen molar-refractivity contribution in [1.29, 1.82) is 0 Å². The van der Waals surface area contributed by atoms with E-state index in [1.807, 2.05) is 6.92 Å². The fraction of sp³-hybridized carbons (Fsp3) is 0.857. The third kappa shape index (κ3) is 1.48. The summed E-state index contributed by atoms with van der Waals surface area (Å²) in [5.41, 5.74) is 0. The van der Waals surface area contributed by atoms with Gasteiger partial charge in [0.2, 0.25) is 0 Å². The molecule has 0 aromatic heterocycles. The fourth-order valence-electron chi connectivity index (χ4n) is 1.38. The Labute approximate surface area is 60.4 Å². The lowest BCUT2D eigenvalue weighted by Crippen LogP contribution is -2.38. The molecule has 0 aliphatic carbocycles. The van der Waals surface area contributed by atoms with Gasteiger partial charge in [-0.2, -0.15) is 0 Å². The SMILES string of the molecule is C[C@@H]1CNCC[C@H]1C(=O)O. The number of carboxylic acids is 1. The predicted octanol–water partition coefficient (Wildman–Crippen LogP) is 0.317. The molecule has 0 radical (unpaired) electrons. The normalized spacial score (nSPS) is 33.7. The molecule has 10 heavy (non-hydrogen) atoms. The van der Waals surface area contributed by atoms with Gasteiger partial charge in [-0.05, 0) is 25.4 Å². The Morgan fingerprint density at radius 1 is 1.70 bits per heavy atom. The van der Waals surface area contributed by atoms with Crippen LogP contribution in [-0.2, 0) is 4.79 Å². The summed E-state index contributed by atoms with van der Waals surface area (Å²) in [4.78, 5) is 10.5. The van der Waals surface area contributed by atoms with Crippen molar-refractivity contribution in [2.24, 2.45) is 11.8 Å². The van der Waals surface area contributed by atoms with Crippen LogP contribution in [0.1, 0.15) is 13.3 Å². The maximum atomic E-state index is 10.5. The van der Waals surface area contributed by atoms with Crippen LogP contribution in [0, 0.1) is 11.8 Å². The number of carbonyl (C=O) groups is 1. The zero-order valence-electron chi connectivity index (χ0n) is 6.13. The Hall–Kier alpha value is -0.570. The average molecular weight is 143 g/mol. The number of piperidine rings is 1. The summed E-state index contributed by atoms with van der Waals surface area (Å²) in [5.74, 6) is -0.485. The molecule has 1 saturated heterocycles. The van der Waals surface area contributed by atoms with Crippen molar-refractivity contribution in [3.05, 3.63) is 0 Å². The van der Waals surface area contributed by atoms with Crippen LogP contribution in [0.4, 0.5) is 0 Å². The highest BCUT2D eigenvalue weighted by atomic mass is 16.4. The van der Waals surface area contributed by atoms with Crippen molar-refractivity contribution in [2.45, 2.75) is 13.3 Å². The molecule has 2 N–H and O–H groups in total. The predicted molar refractivity (Wildman–Crippen MR) is 37.8 cm³/mol. The van der Waals surface area contributed by atoms with E-state index in [1.165, 1.54) is 0 Å². The molecule has 0 aromatic carbocycles. The first-order chi connectivity index (χ1) is 4.72. The Kier molecular flexibility index (Phi) is 2.27. The van der Waals surface area contributed by atoms with Crippen molar-refractivity contribution in [1.82, 2.24) is 5.32 Å². The van der Waals surface area contributed by atoms with Gasteiger partial charge in [0, 0.05) is 0 Å². The minimum atomic E-state index is -0.644. The third-order valence-corrected chi connectivity index (χ3v) is 2.10. The zero-order chi connectivity index (χ0) is 7.56. The topological polar surface area (TPSA) is 49.3 Å². The molecule has 0 amide bonds. The van der Waals surface area contributed by atoms with Gasteiger partial charge in [0.05, 0.1) is 5.92 Å². The van der Waals surface area contributed by atoms with Gasteiger partial charge in [0.15, 0.2) is 0 Å². The Balaban J connectivity index is 2.47. The highest BCUT2D eigenvalue weighted by Crippen LogP contribution is 2.17. The molecule has 1 aliphatic rings. The van der Waals surface area contributed by atoms with E-state index >= 15 is 0 Å². The van der Waals surface area contributed by atoms with Gasteiger partial charge in [0.25, 0.3) is 0 Å². The zero-order valence-corrected chi connectivity index (χ0v) is 6.13. The second kappa shape index (κ2) is 3.01. The van der Waals surface area contributed by atoms with Crippen LogP contribution < -0.4 is 5.32 Å². The minimum Gasteiger partial charge on any atom is -0.481 e. The van der Waals surface area contributed by atoms with E-state index in [0.29, 0.717) is 0 Å². The first-order valence-corrected chi connectivity index (χ1v) is 3.65. The number of nitrogens with one attached hydrogen (secondary N) is 1. The summed E-state index contributed by atoms with van der Waals surface area (Å²) in [5, 5.41) is 11.8.